The minimum Gasteiger partial charge on any atom is -0.379 e. The zero-order valence-electron chi connectivity index (χ0n) is 17.8. The van der Waals surface area contributed by atoms with Crippen LogP contribution in [0.15, 0.2) is 35.2 Å². The van der Waals surface area contributed by atoms with Gasteiger partial charge in [-0.25, -0.2) is 13.4 Å². The lowest BCUT2D eigenvalue weighted by Crippen LogP contribution is -2.40. The van der Waals surface area contributed by atoms with E-state index < -0.39 is 10.0 Å². The van der Waals surface area contributed by atoms with Gasteiger partial charge in [-0.15, -0.1) is 0 Å². The van der Waals surface area contributed by atoms with E-state index in [0.29, 0.717) is 37.6 Å². The molecule has 0 radical (unpaired) electrons. The van der Waals surface area contributed by atoms with Crippen molar-refractivity contribution in [1.82, 2.24) is 24.4 Å². The third kappa shape index (κ3) is 4.18. The van der Waals surface area contributed by atoms with Crippen molar-refractivity contribution in [3.8, 4) is 0 Å². The average molecular weight is 444 g/mol. The normalized spacial score (nSPS) is 15.3. The first kappa shape index (κ1) is 21.4. The molecule has 10 heteroatoms. The average Bonchev–Trinajstić information content (AvgIpc) is 3.05. The van der Waals surface area contributed by atoms with Crippen LogP contribution in [0.2, 0.25) is 0 Å². The van der Waals surface area contributed by atoms with Gasteiger partial charge in [0.15, 0.2) is 5.65 Å². The number of aromatic nitrogens is 3. The summed E-state index contributed by atoms with van der Waals surface area (Å²) in [6.45, 7) is 5.47. The number of hydrogen-bond acceptors (Lipinski definition) is 6. The minimum atomic E-state index is -3.53. The molecule has 0 atom stereocenters. The van der Waals surface area contributed by atoms with E-state index in [0.717, 1.165) is 22.3 Å². The molecular formula is C21H25N5O4S. The number of nitrogens with one attached hydrogen (secondary N) is 1. The molecule has 2 aromatic heterocycles. The highest BCUT2D eigenvalue weighted by Gasteiger charge is 2.26. The summed E-state index contributed by atoms with van der Waals surface area (Å²) in [7, 11) is -1.71. The third-order valence-electron chi connectivity index (χ3n) is 5.42. The van der Waals surface area contributed by atoms with Gasteiger partial charge < -0.3 is 10.1 Å². The van der Waals surface area contributed by atoms with Crippen molar-refractivity contribution in [3.63, 3.8) is 0 Å². The maximum atomic E-state index is 12.7. The molecule has 31 heavy (non-hydrogen) atoms. The largest absolute Gasteiger partial charge is 0.379 e. The Morgan fingerprint density at radius 3 is 2.48 bits per heavy atom. The van der Waals surface area contributed by atoms with E-state index in [1.54, 1.807) is 35.9 Å². The van der Waals surface area contributed by atoms with Crippen molar-refractivity contribution in [3.05, 3.63) is 52.8 Å². The maximum Gasteiger partial charge on any atom is 0.253 e. The van der Waals surface area contributed by atoms with Gasteiger partial charge in [-0.3, -0.25) is 9.48 Å². The van der Waals surface area contributed by atoms with Crippen molar-refractivity contribution in [1.29, 1.82) is 0 Å². The first-order valence-electron chi connectivity index (χ1n) is 10.0. The first-order chi connectivity index (χ1) is 14.8. The lowest BCUT2D eigenvalue weighted by Gasteiger charge is -2.26. The number of aryl methyl sites for hydroxylation is 3. The quantitative estimate of drug-likeness (QED) is 0.641. The van der Waals surface area contributed by atoms with Gasteiger partial charge in [-0.2, -0.15) is 9.40 Å². The summed E-state index contributed by atoms with van der Waals surface area (Å²) in [6.07, 6.45) is 0. The second-order valence-corrected chi connectivity index (χ2v) is 9.48. The molecule has 1 aliphatic rings. The molecule has 1 amide bonds. The fourth-order valence-corrected chi connectivity index (χ4v) is 5.06. The highest BCUT2D eigenvalue weighted by molar-refractivity contribution is 7.89. The summed E-state index contributed by atoms with van der Waals surface area (Å²) in [6, 6.07) is 8.39. The number of pyridine rings is 1. The Morgan fingerprint density at radius 2 is 1.81 bits per heavy atom. The van der Waals surface area contributed by atoms with E-state index in [-0.39, 0.29) is 17.3 Å². The summed E-state index contributed by atoms with van der Waals surface area (Å²) >= 11 is 0. The predicted molar refractivity (Wildman–Crippen MR) is 115 cm³/mol. The lowest BCUT2D eigenvalue weighted by atomic mass is 10.1. The lowest BCUT2D eigenvalue weighted by molar-refractivity contribution is 0.0730. The third-order valence-corrected chi connectivity index (χ3v) is 7.33. The SMILES string of the molecule is Cc1nc2c(cc1C(=O)NCc1ccc(S(=O)(=O)N3CCOCC3)cc1)c(C)nn2C. The number of hydrogen-bond donors (Lipinski definition) is 1. The van der Waals surface area contributed by atoms with Gasteiger partial charge in [0.05, 0.1) is 35.1 Å². The van der Waals surface area contributed by atoms with Crippen LogP contribution in [0, 0.1) is 13.8 Å². The zero-order valence-corrected chi connectivity index (χ0v) is 18.6. The van der Waals surface area contributed by atoms with Crippen molar-refractivity contribution in [2.45, 2.75) is 25.3 Å². The Kier molecular flexibility index (Phi) is 5.78. The molecule has 0 bridgehead atoms. The van der Waals surface area contributed by atoms with Crippen LogP contribution in [-0.2, 0) is 28.4 Å². The molecule has 1 fully saturated rings. The fourth-order valence-electron chi connectivity index (χ4n) is 3.65. The van der Waals surface area contributed by atoms with Crippen LogP contribution >= 0.6 is 0 Å². The number of morpholine rings is 1. The molecule has 1 aliphatic heterocycles. The van der Waals surface area contributed by atoms with Gasteiger partial charge in [0.1, 0.15) is 0 Å². The van der Waals surface area contributed by atoms with E-state index in [1.807, 2.05) is 20.0 Å². The van der Waals surface area contributed by atoms with E-state index in [2.05, 4.69) is 15.4 Å². The van der Waals surface area contributed by atoms with Crippen molar-refractivity contribution in [2.75, 3.05) is 26.3 Å². The number of carbonyl (C=O) groups is 1. The van der Waals surface area contributed by atoms with Gasteiger partial charge >= 0.3 is 0 Å². The Morgan fingerprint density at radius 1 is 1.13 bits per heavy atom. The molecule has 0 aliphatic carbocycles. The van der Waals surface area contributed by atoms with E-state index in [4.69, 9.17) is 4.74 Å². The van der Waals surface area contributed by atoms with Gasteiger partial charge in [-0.05, 0) is 37.6 Å². The van der Waals surface area contributed by atoms with Crippen LogP contribution in [0.5, 0.6) is 0 Å². The van der Waals surface area contributed by atoms with Crippen LogP contribution < -0.4 is 5.32 Å². The van der Waals surface area contributed by atoms with Gasteiger partial charge in [0.25, 0.3) is 5.91 Å². The number of nitrogens with zero attached hydrogens (tertiary/aromatic N) is 4. The predicted octanol–water partition coefficient (Wildman–Crippen LogP) is 1.54. The number of carbonyl (C=O) groups excluding carboxylic acids is 1. The molecule has 1 aromatic carbocycles. The van der Waals surface area contributed by atoms with Crippen molar-refractivity contribution in [2.24, 2.45) is 7.05 Å². The van der Waals surface area contributed by atoms with Crippen LogP contribution in [0.1, 0.15) is 27.3 Å². The maximum absolute atomic E-state index is 12.7. The monoisotopic (exact) mass is 443 g/mol. The number of sulfonamides is 1. The molecule has 3 aromatic rings. The number of benzene rings is 1. The summed E-state index contributed by atoms with van der Waals surface area (Å²) < 4.78 is 33.8. The molecule has 9 nitrogen and oxygen atoms in total. The molecule has 0 unspecified atom stereocenters. The smallest absolute Gasteiger partial charge is 0.253 e. The summed E-state index contributed by atoms with van der Waals surface area (Å²) in [5.41, 5.74) is 3.48. The molecule has 3 heterocycles. The molecular weight excluding hydrogens is 418 g/mol. The van der Waals surface area contributed by atoms with Crippen LogP contribution in [0.3, 0.4) is 0 Å². The van der Waals surface area contributed by atoms with Crippen LogP contribution in [-0.4, -0.2) is 59.7 Å². The van der Waals surface area contributed by atoms with Crippen LogP contribution in [0.25, 0.3) is 11.0 Å². The Hall–Kier alpha value is -2.82. The van der Waals surface area contributed by atoms with E-state index >= 15 is 0 Å². The first-order valence-corrected chi connectivity index (χ1v) is 11.5. The number of ether oxygens (including phenoxy) is 1. The second-order valence-electron chi connectivity index (χ2n) is 7.54. The summed E-state index contributed by atoms with van der Waals surface area (Å²) in [5.74, 6) is -0.236. The molecule has 4 rings (SSSR count). The number of amides is 1. The standard InChI is InChI=1S/C21H25N5O4S/c1-14-19(12-18-15(2)24-25(3)20(18)23-14)21(27)22-13-16-4-6-17(7-5-16)31(28,29)26-8-10-30-11-9-26/h4-7,12H,8-11,13H2,1-3H3,(H,22,27). The zero-order chi connectivity index (χ0) is 22.2. The van der Waals surface area contributed by atoms with Crippen LogP contribution in [0.4, 0.5) is 0 Å². The second kappa shape index (κ2) is 8.37. The summed E-state index contributed by atoms with van der Waals surface area (Å²) in [4.78, 5) is 17.5. The molecule has 0 spiro atoms. The van der Waals surface area contributed by atoms with Gasteiger partial charge in [0.2, 0.25) is 10.0 Å². The highest BCUT2D eigenvalue weighted by Crippen LogP contribution is 2.20. The molecule has 1 saturated heterocycles. The number of rotatable bonds is 5. The van der Waals surface area contributed by atoms with E-state index in [9.17, 15) is 13.2 Å². The number of fused-ring (bicyclic) bond motifs is 1. The van der Waals surface area contributed by atoms with Crippen molar-refractivity contribution < 1.29 is 17.9 Å². The van der Waals surface area contributed by atoms with Crippen molar-refractivity contribution >= 4 is 27.0 Å². The van der Waals surface area contributed by atoms with Gasteiger partial charge in [0, 0.05) is 32.1 Å². The fraction of sp³-hybridized carbons (Fsp3) is 0.381. The van der Waals surface area contributed by atoms with E-state index in [1.165, 1.54) is 4.31 Å². The Balaban J connectivity index is 1.46. The topological polar surface area (TPSA) is 106 Å². The Bertz CT molecular complexity index is 1230. The highest BCUT2D eigenvalue weighted by atomic mass is 32.2. The van der Waals surface area contributed by atoms with Gasteiger partial charge in [-0.1, -0.05) is 12.1 Å². The molecule has 164 valence electrons. The molecule has 1 N–H and O–H groups in total. The molecule has 0 saturated carbocycles. The summed E-state index contributed by atoms with van der Waals surface area (Å²) in [5, 5.41) is 8.08. The Labute approximate surface area is 181 Å². The minimum absolute atomic E-state index is 0.236.